The molecule has 1 aliphatic rings. The van der Waals surface area contributed by atoms with Crippen LogP contribution in [0.25, 0.3) is 0 Å². The van der Waals surface area contributed by atoms with Gasteiger partial charge in [-0.15, -0.1) is 0 Å². The number of methoxy groups -OCH3 is 1. The van der Waals surface area contributed by atoms with Gasteiger partial charge in [0.25, 0.3) is 0 Å². The van der Waals surface area contributed by atoms with Gasteiger partial charge in [0.15, 0.2) is 11.7 Å². The quantitative estimate of drug-likeness (QED) is 0.539. The van der Waals surface area contributed by atoms with E-state index in [1.54, 1.807) is 0 Å². The molecule has 146 valence electrons. The maximum absolute atomic E-state index is 12.1. The second kappa shape index (κ2) is 8.05. The lowest BCUT2D eigenvalue weighted by atomic mass is 9.99. The lowest BCUT2D eigenvalue weighted by molar-refractivity contribution is -0.155. The Morgan fingerprint density at radius 3 is 2.08 bits per heavy atom. The molecule has 0 aromatic heterocycles. The van der Waals surface area contributed by atoms with Crippen molar-refractivity contribution < 1.29 is 33.3 Å². The predicted molar refractivity (Wildman–Crippen MR) is 94.8 cm³/mol. The third kappa shape index (κ3) is 4.17. The summed E-state index contributed by atoms with van der Waals surface area (Å²) in [5.74, 6) is -0.768. The number of cyclic esters (lactones) is 1. The Morgan fingerprint density at radius 2 is 1.68 bits per heavy atom. The summed E-state index contributed by atoms with van der Waals surface area (Å²) >= 11 is 0. The van der Waals surface area contributed by atoms with Crippen LogP contribution >= 0.6 is 0 Å². The standard InChI is InChI=1S/C17H32O7Si/c1-10(2)25(11(3)4,12(5)6)24-14-13(9-22-16(19)21-8)23-15(18)17(14,7)20/h10-14,20H,9H2,1-8H3/t13-,14-,17+/m1/s1. The molecule has 1 fully saturated rings. The SMILES string of the molecule is COC(=O)OC[C@H]1OC(=O)[C@@](C)(O)[C@@H]1O[Si](C(C)C)(C(C)C)C(C)C. The van der Waals surface area contributed by atoms with E-state index in [9.17, 15) is 14.7 Å². The maximum Gasteiger partial charge on any atom is 0.508 e. The molecule has 1 aliphatic heterocycles. The van der Waals surface area contributed by atoms with E-state index >= 15 is 0 Å². The van der Waals surface area contributed by atoms with E-state index in [4.69, 9.17) is 13.9 Å². The van der Waals surface area contributed by atoms with E-state index in [-0.39, 0.29) is 23.2 Å². The third-order valence-electron chi connectivity index (χ3n) is 5.13. The molecule has 1 heterocycles. The van der Waals surface area contributed by atoms with Crippen LogP contribution in [0, 0.1) is 0 Å². The Kier molecular flexibility index (Phi) is 7.06. The van der Waals surface area contributed by atoms with Gasteiger partial charge in [-0.3, -0.25) is 0 Å². The lowest BCUT2D eigenvalue weighted by Gasteiger charge is -2.45. The van der Waals surface area contributed by atoms with Crippen LogP contribution in [0.1, 0.15) is 48.5 Å². The summed E-state index contributed by atoms with van der Waals surface area (Å²) in [6, 6.07) is 0. The van der Waals surface area contributed by atoms with Crippen LogP contribution in [0.5, 0.6) is 0 Å². The van der Waals surface area contributed by atoms with Crippen molar-refractivity contribution in [3.8, 4) is 0 Å². The van der Waals surface area contributed by atoms with Crippen LogP contribution in [-0.2, 0) is 23.4 Å². The van der Waals surface area contributed by atoms with Gasteiger partial charge in [-0.2, -0.15) is 0 Å². The molecule has 0 aromatic rings. The van der Waals surface area contributed by atoms with Crippen LogP contribution < -0.4 is 0 Å². The van der Waals surface area contributed by atoms with Gasteiger partial charge in [0.2, 0.25) is 8.32 Å². The largest absolute Gasteiger partial charge is 0.508 e. The van der Waals surface area contributed by atoms with Crippen LogP contribution in [0.3, 0.4) is 0 Å². The van der Waals surface area contributed by atoms with E-state index in [0.29, 0.717) is 0 Å². The van der Waals surface area contributed by atoms with Gasteiger partial charge >= 0.3 is 12.1 Å². The fourth-order valence-corrected chi connectivity index (χ4v) is 9.58. The van der Waals surface area contributed by atoms with Crippen molar-refractivity contribution >= 4 is 20.4 Å². The minimum Gasteiger partial charge on any atom is -0.454 e. The smallest absolute Gasteiger partial charge is 0.454 e. The van der Waals surface area contributed by atoms with Crippen molar-refractivity contribution in [3.63, 3.8) is 0 Å². The summed E-state index contributed by atoms with van der Waals surface area (Å²) in [7, 11) is -1.19. The molecule has 0 bridgehead atoms. The molecular weight excluding hydrogens is 344 g/mol. The zero-order valence-electron chi connectivity index (χ0n) is 16.5. The number of rotatable bonds is 7. The second-order valence-electron chi connectivity index (χ2n) is 7.71. The molecule has 0 aromatic carbocycles. The molecule has 0 saturated carbocycles. The molecule has 0 aliphatic carbocycles. The van der Waals surface area contributed by atoms with Crippen molar-refractivity contribution in [1.29, 1.82) is 0 Å². The van der Waals surface area contributed by atoms with Gasteiger partial charge in [-0.05, 0) is 23.5 Å². The Labute approximate surface area is 151 Å². The Bertz CT molecular complexity index is 466. The molecule has 0 amide bonds. The first-order valence-corrected chi connectivity index (χ1v) is 10.9. The van der Waals surface area contributed by atoms with Crippen molar-refractivity contribution in [3.05, 3.63) is 0 Å². The molecule has 0 unspecified atom stereocenters. The van der Waals surface area contributed by atoms with E-state index in [2.05, 4.69) is 46.3 Å². The highest BCUT2D eigenvalue weighted by molar-refractivity contribution is 6.77. The normalized spacial score (nSPS) is 27.1. The first kappa shape index (κ1) is 21.9. The van der Waals surface area contributed by atoms with E-state index in [1.165, 1.54) is 14.0 Å². The number of carbonyl (C=O) groups excluding carboxylic acids is 2. The summed E-state index contributed by atoms with van der Waals surface area (Å²) in [6.07, 6.45) is -2.64. The Hall–Kier alpha value is -1.12. The van der Waals surface area contributed by atoms with Crippen LogP contribution in [-0.4, -0.2) is 57.1 Å². The van der Waals surface area contributed by atoms with Crippen molar-refractivity contribution in [2.45, 2.75) is 82.9 Å². The molecule has 7 nitrogen and oxygen atoms in total. The molecule has 8 heteroatoms. The summed E-state index contributed by atoms with van der Waals surface area (Å²) in [5.41, 5.74) is -0.996. The fraction of sp³-hybridized carbons (Fsp3) is 0.882. The summed E-state index contributed by atoms with van der Waals surface area (Å²) in [6.45, 7) is 13.8. The van der Waals surface area contributed by atoms with Gasteiger partial charge < -0.3 is 23.7 Å². The van der Waals surface area contributed by atoms with Gasteiger partial charge in [0.05, 0.1) is 7.11 Å². The fourth-order valence-electron chi connectivity index (χ4n) is 3.95. The highest BCUT2D eigenvalue weighted by Crippen LogP contribution is 2.45. The molecule has 3 atom stereocenters. The van der Waals surface area contributed by atoms with Crippen LogP contribution in [0.4, 0.5) is 4.79 Å². The van der Waals surface area contributed by atoms with Gasteiger partial charge in [-0.25, -0.2) is 9.59 Å². The molecule has 0 spiro atoms. The first-order chi connectivity index (χ1) is 11.4. The average Bonchev–Trinajstić information content (AvgIpc) is 2.71. The topological polar surface area (TPSA) is 91.3 Å². The number of esters is 1. The summed E-state index contributed by atoms with van der Waals surface area (Å²) < 4.78 is 21.2. The number of carbonyl (C=O) groups is 2. The van der Waals surface area contributed by atoms with Crippen LogP contribution in [0.2, 0.25) is 16.6 Å². The van der Waals surface area contributed by atoms with Crippen molar-refractivity contribution in [2.24, 2.45) is 0 Å². The highest BCUT2D eigenvalue weighted by atomic mass is 28.4. The van der Waals surface area contributed by atoms with E-state index < -0.39 is 38.3 Å². The highest BCUT2D eigenvalue weighted by Gasteiger charge is 2.59. The first-order valence-electron chi connectivity index (χ1n) is 8.73. The molecule has 1 saturated heterocycles. The second-order valence-corrected chi connectivity index (χ2v) is 13.1. The Balaban J connectivity index is 3.17. The monoisotopic (exact) mass is 376 g/mol. The third-order valence-corrected chi connectivity index (χ3v) is 11.2. The van der Waals surface area contributed by atoms with Gasteiger partial charge in [0, 0.05) is 0 Å². The Morgan fingerprint density at radius 1 is 1.20 bits per heavy atom. The number of hydrogen-bond acceptors (Lipinski definition) is 7. The molecular formula is C17H32O7Si. The summed E-state index contributed by atoms with van der Waals surface area (Å²) in [5, 5.41) is 10.7. The van der Waals surface area contributed by atoms with Crippen molar-refractivity contribution in [1.82, 2.24) is 0 Å². The molecule has 25 heavy (non-hydrogen) atoms. The molecule has 0 radical (unpaired) electrons. The van der Waals surface area contributed by atoms with E-state index in [1.807, 2.05) is 0 Å². The zero-order valence-corrected chi connectivity index (χ0v) is 17.5. The minimum absolute atomic E-state index is 0.224. The summed E-state index contributed by atoms with van der Waals surface area (Å²) in [4.78, 5) is 23.4. The number of aliphatic hydroxyl groups is 1. The number of ether oxygens (including phenoxy) is 3. The predicted octanol–water partition coefficient (Wildman–Crippen LogP) is 3.01. The average molecular weight is 377 g/mol. The minimum atomic E-state index is -2.38. The van der Waals surface area contributed by atoms with Crippen LogP contribution in [0.15, 0.2) is 0 Å². The molecule has 1 N–H and O–H groups in total. The maximum atomic E-state index is 12.1. The molecule has 1 rings (SSSR count). The van der Waals surface area contributed by atoms with E-state index in [0.717, 1.165) is 0 Å². The van der Waals surface area contributed by atoms with Gasteiger partial charge in [0.1, 0.15) is 12.7 Å². The zero-order chi connectivity index (χ0) is 19.6. The lowest BCUT2D eigenvalue weighted by Crippen LogP contribution is -2.57. The van der Waals surface area contributed by atoms with Gasteiger partial charge in [-0.1, -0.05) is 41.5 Å². The number of hydrogen-bond donors (Lipinski definition) is 1. The van der Waals surface area contributed by atoms with Crippen molar-refractivity contribution in [2.75, 3.05) is 13.7 Å².